The second-order valence-corrected chi connectivity index (χ2v) is 11.2. The van der Waals surface area contributed by atoms with E-state index in [-0.39, 0.29) is 48.4 Å². The molecule has 222 valence electrons. The lowest BCUT2D eigenvalue weighted by molar-refractivity contribution is -0.160. The monoisotopic (exact) mass is 575 g/mol. The number of ether oxygens (including phenoxy) is 3. The first-order valence-electron chi connectivity index (χ1n) is 13.2. The lowest BCUT2D eigenvalue weighted by Gasteiger charge is -2.53. The summed E-state index contributed by atoms with van der Waals surface area (Å²) in [7, 11) is 1.37. The maximum atomic E-state index is 13.9. The van der Waals surface area contributed by atoms with Crippen LogP contribution in [0.25, 0.3) is 0 Å². The number of hydrogen-bond donors (Lipinski definition) is 4. The first-order chi connectivity index (χ1) is 19.2. The number of carbonyl (C=O) groups excluding carboxylic acids is 4. The molecular formula is C28H33NO12. The van der Waals surface area contributed by atoms with Crippen LogP contribution in [0.1, 0.15) is 52.9 Å². The third kappa shape index (κ3) is 4.81. The van der Waals surface area contributed by atoms with E-state index in [1.807, 2.05) is 0 Å². The quantitative estimate of drug-likeness (QED) is 0.227. The van der Waals surface area contributed by atoms with Crippen LogP contribution in [0.15, 0.2) is 34.3 Å². The van der Waals surface area contributed by atoms with Gasteiger partial charge in [-0.25, -0.2) is 9.59 Å². The van der Waals surface area contributed by atoms with Crippen molar-refractivity contribution in [2.45, 2.75) is 71.1 Å². The third-order valence-electron chi connectivity index (χ3n) is 8.79. The van der Waals surface area contributed by atoms with Gasteiger partial charge in [0.2, 0.25) is 5.78 Å². The normalized spacial score (nSPS) is 32.6. The summed E-state index contributed by atoms with van der Waals surface area (Å²) in [6.45, 7) is 4.34. The molecule has 1 saturated heterocycles. The summed E-state index contributed by atoms with van der Waals surface area (Å²) < 4.78 is 16.8. The Bertz CT molecular complexity index is 1320. The molecule has 0 aromatic rings. The Kier molecular flexibility index (Phi) is 7.87. The Balaban J connectivity index is 1.92. The van der Waals surface area contributed by atoms with Gasteiger partial charge in [-0.1, -0.05) is 6.92 Å². The number of carboxylic acids is 2. The number of carbonyl (C=O) groups is 6. The summed E-state index contributed by atoms with van der Waals surface area (Å²) in [5.41, 5.74) is -2.60. The van der Waals surface area contributed by atoms with Gasteiger partial charge < -0.3 is 34.8 Å². The largest absolute Gasteiger partial charge is 0.504 e. The van der Waals surface area contributed by atoms with E-state index in [4.69, 9.17) is 19.3 Å². The van der Waals surface area contributed by atoms with Crippen LogP contribution >= 0.6 is 0 Å². The number of carboxylic acid groups (broad SMARTS) is 2. The fraction of sp³-hybridized carbons (Fsp3) is 0.571. The number of ketones is 2. The van der Waals surface area contributed by atoms with Crippen molar-refractivity contribution in [1.82, 2.24) is 5.32 Å². The highest BCUT2D eigenvalue weighted by Crippen LogP contribution is 2.62. The Labute approximate surface area is 235 Å². The van der Waals surface area contributed by atoms with E-state index < -0.39 is 76.8 Å². The van der Waals surface area contributed by atoms with Crippen LogP contribution in [0.2, 0.25) is 0 Å². The van der Waals surface area contributed by atoms with Crippen molar-refractivity contribution < 1.29 is 58.3 Å². The number of aliphatic hydroxyl groups excluding tert-OH is 1. The molecule has 4 aliphatic rings. The summed E-state index contributed by atoms with van der Waals surface area (Å²) in [4.78, 5) is 75.1. The molecule has 0 aromatic carbocycles. The zero-order chi connectivity index (χ0) is 30.4. The Hall–Kier alpha value is -4.00. The molecule has 13 heteroatoms. The number of rotatable bonds is 9. The minimum atomic E-state index is -1.49. The molecule has 4 rings (SSSR count). The molecule has 0 radical (unpaired) electrons. The summed E-state index contributed by atoms with van der Waals surface area (Å²) in [5, 5.41) is 32.5. The van der Waals surface area contributed by atoms with Gasteiger partial charge in [0, 0.05) is 62.0 Å². The van der Waals surface area contributed by atoms with Gasteiger partial charge in [-0.3, -0.25) is 19.2 Å². The molecule has 1 saturated carbocycles. The number of aliphatic hydroxyl groups is 1. The van der Waals surface area contributed by atoms with Gasteiger partial charge in [-0.05, 0) is 25.3 Å². The predicted molar refractivity (Wildman–Crippen MR) is 137 cm³/mol. The van der Waals surface area contributed by atoms with Crippen LogP contribution in [0.4, 0.5) is 0 Å². The maximum Gasteiger partial charge on any atom is 0.340 e. The number of hydrogen-bond acceptors (Lipinski definition) is 11. The van der Waals surface area contributed by atoms with Gasteiger partial charge in [0.1, 0.15) is 24.0 Å². The van der Waals surface area contributed by atoms with Crippen LogP contribution < -0.4 is 5.32 Å². The fourth-order valence-corrected chi connectivity index (χ4v) is 6.83. The number of esters is 2. The average molecular weight is 576 g/mol. The molecule has 2 fully saturated rings. The molecule has 0 spiro atoms. The van der Waals surface area contributed by atoms with Crippen molar-refractivity contribution in [3.63, 3.8) is 0 Å². The van der Waals surface area contributed by atoms with Gasteiger partial charge in [0.05, 0.1) is 17.6 Å². The number of methoxy groups -OCH3 is 1. The van der Waals surface area contributed by atoms with Crippen LogP contribution in [0.5, 0.6) is 0 Å². The maximum absolute atomic E-state index is 13.9. The second-order valence-electron chi connectivity index (χ2n) is 11.2. The number of cyclic esters (lactones) is 1. The van der Waals surface area contributed by atoms with Crippen molar-refractivity contribution in [3.8, 4) is 0 Å². The van der Waals surface area contributed by atoms with Crippen LogP contribution in [0.3, 0.4) is 0 Å². The molecule has 0 aromatic heterocycles. The van der Waals surface area contributed by atoms with E-state index in [0.29, 0.717) is 12.0 Å². The number of Topliss-reactive ketones (excluding diaryl/α,β-unsaturated/α-hetero) is 2. The molecule has 1 aliphatic heterocycles. The molecule has 1 heterocycles. The zero-order valence-corrected chi connectivity index (χ0v) is 23.1. The molecule has 6 atom stereocenters. The molecule has 13 nitrogen and oxygen atoms in total. The van der Waals surface area contributed by atoms with Gasteiger partial charge in [0.25, 0.3) is 0 Å². The summed E-state index contributed by atoms with van der Waals surface area (Å²) in [5.74, 6) is -6.53. The number of fused-ring (bicyclic) bond motifs is 4. The van der Waals surface area contributed by atoms with E-state index in [2.05, 4.69) is 5.32 Å². The van der Waals surface area contributed by atoms with Crippen LogP contribution in [0, 0.1) is 16.7 Å². The first kappa shape index (κ1) is 30.0. The predicted octanol–water partition coefficient (Wildman–Crippen LogP) is 1.37. The lowest BCUT2D eigenvalue weighted by Crippen LogP contribution is -2.57. The van der Waals surface area contributed by atoms with E-state index in [1.54, 1.807) is 13.8 Å². The minimum Gasteiger partial charge on any atom is -0.504 e. The molecule has 41 heavy (non-hydrogen) atoms. The lowest BCUT2D eigenvalue weighted by atomic mass is 9.53. The average Bonchev–Trinajstić information content (AvgIpc) is 3.17. The topological polar surface area (TPSA) is 203 Å². The molecule has 4 N–H and O–H groups in total. The van der Waals surface area contributed by atoms with Gasteiger partial charge in [-0.2, -0.15) is 0 Å². The minimum absolute atomic E-state index is 0.0764. The number of allylic oxidation sites excluding steroid dienone is 1. The summed E-state index contributed by atoms with van der Waals surface area (Å²) >= 11 is 0. The molecule has 0 bridgehead atoms. The van der Waals surface area contributed by atoms with E-state index in [1.165, 1.54) is 14.0 Å². The highest BCUT2D eigenvalue weighted by atomic mass is 16.6. The Morgan fingerprint density at radius 1 is 1.20 bits per heavy atom. The van der Waals surface area contributed by atoms with Crippen molar-refractivity contribution in [1.29, 1.82) is 0 Å². The van der Waals surface area contributed by atoms with Crippen molar-refractivity contribution in [2.75, 3.05) is 13.7 Å². The van der Waals surface area contributed by atoms with Crippen LogP contribution in [-0.4, -0.2) is 82.7 Å². The Morgan fingerprint density at radius 3 is 2.46 bits per heavy atom. The third-order valence-corrected chi connectivity index (χ3v) is 8.79. The molecule has 0 unspecified atom stereocenters. The number of nitrogens with one attached hydrogen (secondary N) is 1. The smallest absolute Gasteiger partial charge is 0.340 e. The molecule has 3 aliphatic carbocycles. The summed E-state index contributed by atoms with van der Waals surface area (Å²) in [6.07, 6.45) is -1.37. The molecule has 0 amide bonds. The van der Waals surface area contributed by atoms with E-state index in [9.17, 15) is 39.0 Å². The van der Waals surface area contributed by atoms with E-state index >= 15 is 0 Å². The first-order valence-corrected chi connectivity index (χ1v) is 13.2. The fourth-order valence-electron chi connectivity index (χ4n) is 6.83. The van der Waals surface area contributed by atoms with Crippen molar-refractivity contribution in [3.05, 3.63) is 34.3 Å². The zero-order valence-electron chi connectivity index (χ0n) is 23.1. The molecular weight excluding hydrogens is 542 g/mol. The van der Waals surface area contributed by atoms with Gasteiger partial charge in [-0.15, -0.1) is 0 Å². The van der Waals surface area contributed by atoms with Crippen LogP contribution in [-0.2, 0) is 43.0 Å². The highest BCUT2D eigenvalue weighted by Gasteiger charge is 2.64. The highest BCUT2D eigenvalue weighted by molar-refractivity contribution is 6.14. The van der Waals surface area contributed by atoms with Crippen molar-refractivity contribution in [2.24, 2.45) is 16.7 Å². The second kappa shape index (κ2) is 10.8. The van der Waals surface area contributed by atoms with Gasteiger partial charge >= 0.3 is 23.9 Å². The standard InChI is InChI=1S/C28H33NO12/c1-12(30)40-16-9-27(2)14(5-7-17(27)31)20-22(16)28(3)18(11-39-4)41-26(38)13(21(28)24(35)23(20)34)10-29-15(25(36)37)6-8-19(32)33/h10,14-16,18,29,35H,5-9,11H2,1-4H3,(H,32,33)(H,36,37)/b13-10-/t14-,15+,16+,18+,27-,28-/m0/s1. The van der Waals surface area contributed by atoms with Gasteiger partial charge in [0.15, 0.2) is 5.76 Å². The Morgan fingerprint density at radius 2 is 1.88 bits per heavy atom. The van der Waals surface area contributed by atoms with Crippen molar-refractivity contribution >= 4 is 35.4 Å². The summed E-state index contributed by atoms with van der Waals surface area (Å²) in [6, 6.07) is -1.42. The SMILES string of the molecule is COC[C@H]1OC(=O)/C(=C\N[C@H](CCC(=O)O)C(=O)O)C2=C(O)C(=O)C3=C([C@H](OC(C)=O)C[C@]4(C)C(=O)CC[C@@H]34)[C@]21C. The van der Waals surface area contributed by atoms with E-state index in [0.717, 1.165) is 6.20 Å². The number of aliphatic carboxylic acids is 2.